The SMILES string of the molecule is CCC(N)c1ccc(-c2ccc(F)cc2F)cc1. The van der Waals surface area contributed by atoms with Crippen molar-refractivity contribution in [2.75, 3.05) is 0 Å². The highest BCUT2D eigenvalue weighted by molar-refractivity contribution is 5.64. The molecule has 3 heteroatoms. The number of hydrogen-bond acceptors (Lipinski definition) is 1. The maximum absolute atomic E-state index is 13.6. The molecule has 1 unspecified atom stereocenters. The molecule has 1 nitrogen and oxygen atoms in total. The number of rotatable bonds is 3. The molecular weight excluding hydrogens is 232 g/mol. The summed E-state index contributed by atoms with van der Waals surface area (Å²) in [5.74, 6) is -1.12. The summed E-state index contributed by atoms with van der Waals surface area (Å²) >= 11 is 0. The van der Waals surface area contributed by atoms with Crippen molar-refractivity contribution in [3.05, 3.63) is 59.7 Å². The van der Waals surface area contributed by atoms with Crippen LogP contribution in [0.5, 0.6) is 0 Å². The van der Waals surface area contributed by atoms with Gasteiger partial charge in [-0.05, 0) is 29.7 Å². The summed E-state index contributed by atoms with van der Waals surface area (Å²) in [6.45, 7) is 2.01. The molecule has 0 heterocycles. The molecule has 0 saturated carbocycles. The van der Waals surface area contributed by atoms with Crippen molar-refractivity contribution < 1.29 is 8.78 Å². The van der Waals surface area contributed by atoms with Gasteiger partial charge in [-0.1, -0.05) is 31.2 Å². The minimum Gasteiger partial charge on any atom is -0.324 e. The van der Waals surface area contributed by atoms with E-state index in [1.807, 2.05) is 19.1 Å². The molecule has 0 spiro atoms. The van der Waals surface area contributed by atoms with Crippen LogP contribution in [0.3, 0.4) is 0 Å². The lowest BCUT2D eigenvalue weighted by molar-refractivity contribution is 0.585. The molecule has 0 amide bonds. The summed E-state index contributed by atoms with van der Waals surface area (Å²) in [5.41, 5.74) is 8.04. The maximum Gasteiger partial charge on any atom is 0.133 e. The van der Waals surface area contributed by atoms with Crippen molar-refractivity contribution >= 4 is 0 Å². The summed E-state index contributed by atoms with van der Waals surface area (Å²) in [6.07, 6.45) is 0.851. The molecule has 0 aromatic heterocycles. The molecule has 0 radical (unpaired) electrons. The van der Waals surface area contributed by atoms with Gasteiger partial charge in [0.15, 0.2) is 0 Å². The zero-order valence-electron chi connectivity index (χ0n) is 10.2. The van der Waals surface area contributed by atoms with Gasteiger partial charge in [0.25, 0.3) is 0 Å². The van der Waals surface area contributed by atoms with Crippen LogP contribution in [-0.4, -0.2) is 0 Å². The fourth-order valence-electron chi connectivity index (χ4n) is 1.87. The highest BCUT2D eigenvalue weighted by Gasteiger charge is 2.07. The van der Waals surface area contributed by atoms with Crippen molar-refractivity contribution in [3.63, 3.8) is 0 Å². The predicted octanol–water partition coefficient (Wildman–Crippen LogP) is 4.04. The Labute approximate surface area is 105 Å². The van der Waals surface area contributed by atoms with Gasteiger partial charge in [0.05, 0.1) is 0 Å². The Morgan fingerprint density at radius 2 is 1.72 bits per heavy atom. The van der Waals surface area contributed by atoms with Crippen LogP contribution in [-0.2, 0) is 0 Å². The molecule has 0 saturated heterocycles. The molecule has 94 valence electrons. The first-order valence-corrected chi connectivity index (χ1v) is 5.92. The monoisotopic (exact) mass is 247 g/mol. The Bertz CT molecular complexity index is 535. The van der Waals surface area contributed by atoms with Gasteiger partial charge in [0.2, 0.25) is 0 Å². The van der Waals surface area contributed by atoms with E-state index in [2.05, 4.69) is 0 Å². The van der Waals surface area contributed by atoms with Crippen LogP contribution in [0.1, 0.15) is 24.9 Å². The number of benzene rings is 2. The Hall–Kier alpha value is -1.74. The third-order valence-electron chi connectivity index (χ3n) is 3.02. The lowest BCUT2D eigenvalue weighted by atomic mass is 10.00. The molecule has 1 atom stereocenters. The minimum atomic E-state index is -0.569. The minimum absolute atomic E-state index is 0.00267. The van der Waals surface area contributed by atoms with Crippen LogP contribution >= 0.6 is 0 Å². The van der Waals surface area contributed by atoms with E-state index in [1.54, 1.807) is 12.1 Å². The summed E-state index contributed by atoms with van der Waals surface area (Å²) in [4.78, 5) is 0. The zero-order chi connectivity index (χ0) is 13.1. The van der Waals surface area contributed by atoms with Gasteiger partial charge in [0, 0.05) is 17.7 Å². The van der Waals surface area contributed by atoms with Gasteiger partial charge in [0.1, 0.15) is 11.6 Å². The summed E-state index contributed by atoms with van der Waals surface area (Å²) < 4.78 is 26.4. The second kappa shape index (κ2) is 5.27. The molecule has 2 aromatic carbocycles. The van der Waals surface area contributed by atoms with Crippen LogP contribution in [0.25, 0.3) is 11.1 Å². The normalized spacial score (nSPS) is 12.4. The number of nitrogens with two attached hydrogens (primary N) is 1. The van der Waals surface area contributed by atoms with E-state index in [4.69, 9.17) is 5.73 Å². The van der Waals surface area contributed by atoms with Crippen LogP contribution < -0.4 is 5.73 Å². The van der Waals surface area contributed by atoms with Crippen molar-refractivity contribution in [2.24, 2.45) is 5.73 Å². The smallest absolute Gasteiger partial charge is 0.133 e. The van der Waals surface area contributed by atoms with E-state index in [1.165, 1.54) is 12.1 Å². The van der Waals surface area contributed by atoms with E-state index in [9.17, 15) is 8.78 Å². The van der Waals surface area contributed by atoms with Gasteiger partial charge in [-0.3, -0.25) is 0 Å². The fraction of sp³-hybridized carbons (Fsp3) is 0.200. The zero-order valence-corrected chi connectivity index (χ0v) is 10.2. The summed E-state index contributed by atoms with van der Waals surface area (Å²) in [5, 5.41) is 0. The summed E-state index contributed by atoms with van der Waals surface area (Å²) in [7, 11) is 0. The quantitative estimate of drug-likeness (QED) is 0.870. The molecule has 2 N–H and O–H groups in total. The highest BCUT2D eigenvalue weighted by atomic mass is 19.1. The van der Waals surface area contributed by atoms with Crippen molar-refractivity contribution in [2.45, 2.75) is 19.4 Å². The first-order chi connectivity index (χ1) is 8.61. The predicted molar refractivity (Wildman–Crippen MR) is 69.0 cm³/mol. The molecule has 0 fully saturated rings. The largest absolute Gasteiger partial charge is 0.324 e. The van der Waals surface area contributed by atoms with Crippen LogP contribution in [0, 0.1) is 11.6 Å². The first-order valence-electron chi connectivity index (χ1n) is 5.92. The third kappa shape index (κ3) is 2.57. The van der Waals surface area contributed by atoms with Crippen molar-refractivity contribution in [1.82, 2.24) is 0 Å². The standard InChI is InChI=1S/C15H15F2N/c1-2-15(18)11-5-3-10(4-6-11)13-8-7-12(16)9-14(13)17/h3-9,15H,2,18H2,1H3. The Morgan fingerprint density at radius 1 is 1.06 bits per heavy atom. The van der Waals surface area contributed by atoms with Crippen molar-refractivity contribution in [1.29, 1.82) is 0 Å². The maximum atomic E-state index is 13.6. The summed E-state index contributed by atoms with van der Waals surface area (Å²) in [6, 6.07) is 11.0. The molecule has 0 bridgehead atoms. The third-order valence-corrected chi connectivity index (χ3v) is 3.02. The second-order valence-electron chi connectivity index (χ2n) is 4.26. The van der Waals surface area contributed by atoms with Crippen molar-refractivity contribution in [3.8, 4) is 11.1 Å². The van der Waals surface area contributed by atoms with Gasteiger partial charge in [-0.25, -0.2) is 8.78 Å². The Morgan fingerprint density at radius 3 is 2.28 bits per heavy atom. The average molecular weight is 247 g/mol. The van der Waals surface area contributed by atoms with E-state index in [-0.39, 0.29) is 6.04 Å². The van der Waals surface area contributed by atoms with Gasteiger partial charge < -0.3 is 5.73 Å². The van der Waals surface area contributed by atoms with Gasteiger partial charge in [-0.15, -0.1) is 0 Å². The molecule has 2 rings (SSSR count). The Kier molecular flexibility index (Phi) is 3.72. The Balaban J connectivity index is 2.34. The number of halogens is 2. The van der Waals surface area contributed by atoms with E-state index in [0.29, 0.717) is 5.56 Å². The molecule has 0 aliphatic carbocycles. The van der Waals surface area contributed by atoms with E-state index < -0.39 is 11.6 Å². The lowest BCUT2D eigenvalue weighted by Crippen LogP contribution is -2.08. The highest BCUT2D eigenvalue weighted by Crippen LogP contribution is 2.25. The van der Waals surface area contributed by atoms with E-state index in [0.717, 1.165) is 23.6 Å². The lowest BCUT2D eigenvalue weighted by Gasteiger charge is -2.10. The molecule has 0 aliphatic heterocycles. The first kappa shape index (κ1) is 12.7. The van der Waals surface area contributed by atoms with Crippen LogP contribution in [0.15, 0.2) is 42.5 Å². The van der Waals surface area contributed by atoms with Crippen LogP contribution in [0.2, 0.25) is 0 Å². The molecule has 0 aliphatic rings. The fourth-order valence-corrected chi connectivity index (χ4v) is 1.87. The molecule has 18 heavy (non-hydrogen) atoms. The second-order valence-corrected chi connectivity index (χ2v) is 4.26. The van der Waals surface area contributed by atoms with Crippen LogP contribution in [0.4, 0.5) is 8.78 Å². The number of hydrogen-bond donors (Lipinski definition) is 1. The van der Waals surface area contributed by atoms with Gasteiger partial charge >= 0.3 is 0 Å². The van der Waals surface area contributed by atoms with E-state index >= 15 is 0 Å². The molecule has 2 aromatic rings. The van der Waals surface area contributed by atoms with Gasteiger partial charge in [-0.2, -0.15) is 0 Å². The average Bonchev–Trinajstić information content (AvgIpc) is 2.38. The molecular formula is C15H15F2N. The topological polar surface area (TPSA) is 26.0 Å².